The zero-order valence-electron chi connectivity index (χ0n) is 8.66. The first-order valence-corrected chi connectivity index (χ1v) is 4.98. The van der Waals surface area contributed by atoms with Crippen molar-refractivity contribution in [2.45, 2.75) is 13.8 Å². The van der Waals surface area contributed by atoms with Crippen LogP contribution in [-0.4, -0.2) is 17.6 Å². The number of ether oxygens (including phenoxy) is 1. The maximum atomic E-state index is 11.0. The maximum Gasteiger partial charge on any atom is 0.330 e. The van der Waals surface area contributed by atoms with Crippen LogP contribution in [0.4, 0.5) is 0 Å². The number of rotatable bonds is 3. The van der Waals surface area contributed by atoms with Crippen molar-refractivity contribution >= 4 is 23.6 Å². The summed E-state index contributed by atoms with van der Waals surface area (Å²) in [7, 11) is 0. The van der Waals surface area contributed by atoms with Crippen LogP contribution < -0.4 is 0 Å². The SMILES string of the molecule is CCOC(=O)C=Cc1ncc(Cl)cc1C. The molecule has 0 spiro atoms. The highest BCUT2D eigenvalue weighted by Crippen LogP contribution is 2.13. The molecule has 0 saturated carbocycles. The standard InChI is InChI=1S/C11H12ClNO2/c1-3-15-11(14)5-4-10-8(2)6-9(12)7-13-10/h4-7H,3H2,1-2H3. The molecule has 0 N–H and O–H groups in total. The van der Waals surface area contributed by atoms with Gasteiger partial charge in [0, 0.05) is 12.3 Å². The summed E-state index contributed by atoms with van der Waals surface area (Å²) in [4.78, 5) is 15.1. The summed E-state index contributed by atoms with van der Waals surface area (Å²) in [6, 6.07) is 1.79. The van der Waals surface area contributed by atoms with E-state index in [2.05, 4.69) is 4.98 Å². The van der Waals surface area contributed by atoms with Crippen molar-refractivity contribution < 1.29 is 9.53 Å². The Morgan fingerprint density at radius 2 is 2.40 bits per heavy atom. The van der Waals surface area contributed by atoms with E-state index in [1.165, 1.54) is 6.08 Å². The van der Waals surface area contributed by atoms with Gasteiger partial charge in [0.15, 0.2) is 0 Å². The molecule has 4 heteroatoms. The van der Waals surface area contributed by atoms with Gasteiger partial charge in [-0.15, -0.1) is 0 Å². The predicted octanol–water partition coefficient (Wildman–Crippen LogP) is 2.62. The molecule has 0 aliphatic rings. The highest BCUT2D eigenvalue weighted by Gasteiger charge is 1.99. The molecule has 1 aromatic rings. The van der Waals surface area contributed by atoms with Crippen LogP contribution in [0.25, 0.3) is 6.08 Å². The van der Waals surface area contributed by atoms with Gasteiger partial charge in [-0.2, -0.15) is 0 Å². The normalized spacial score (nSPS) is 10.6. The van der Waals surface area contributed by atoms with Gasteiger partial charge in [0.1, 0.15) is 0 Å². The van der Waals surface area contributed by atoms with E-state index in [0.717, 1.165) is 5.56 Å². The number of carbonyl (C=O) groups excluding carboxylic acids is 1. The van der Waals surface area contributed by atoms with Crippen molar-refractivity contribution in [1.29, 1.82) is 0 Å². The molecule has 0 atom stereocenters. The Balaban J connectivity index is 2.76. The largest absolute Gasteiger partial charge is 0.463 e. The summed E-state index contributed by atoms with van der Waals surface area (Å²) >= 11 is 5.75. The minimum absolute atomic E-state index is 0.367. The molecule has 0 saturated heterocycles. The Labute approximate surface area is 93.7 Å². The van der Waals surface area contributed by atoms with Crippen LogP contribution in [0.1, 0.15) is 18.2 Å². The molecule has 0 fully saturated rings. The summed E-state index contributed by atoms with van der Waals surface area (Å²) in [6.45, 7) is 4.01. The molecule has 0 aromatic carbocycles. The van der Waals surface area contributed by atoms with Crippen LogP contribution in [0, 0.1) is 6.92 Å². The van der Waals surface area contributed by atoms with E-state index in [4.69, 9.17) is 16.3 Å². The third-order valence-electron chi connectivity index (χ3n) is 1.75. The van der Waals surface area contributed by atoms with Crippen molar-refractivity contribution in [1.82, 2.24) is 4.98 Å². The van der Waals surface area contributed by atoms with Gasteiger partial charge in [-0.05, 0) is 31.6 Å². The molecule has 0 amide bonds. The molecular formula is C11H12ClNO2. The lowest BCUT2D eigenvalue weighted by Crippen LogP contribution is -1.99. The highest BCUT2D eigenvalue weighted by molar-refractivity contribution is 6.30. The van der Waals surface area contributed by atoms with Crippen LogP contribution in [0.3, 0.4) is 0 Å². The third-order valence-corrected chi connectivity index (χ3v) is 1.96. The number of hydrogen-bond acceptors (Lipinski definition) is 3. The molecule has 0 unspecified atom stereocenters. The van der Waals surface area contributed by atoms with Gasteiger partial charge < -0.3 is 4.74 Å². The van der Waals surface area contributed by atoms with Gasteiger partial charge in [0.2, 0.25) is 0 Å². The summed E-state index contributed by atoms with van der Waals surface area (Å²) < 4.78 is 4.75. The molecular weight excluding hydrogens is 214 g/mol. The highest BCUT2D eigenvalue weighted by atomic mass is 35.5. The fourth-order valence-electron chi connectivity index (χ4n) is 1.06. The summed E-state index contributed by atoms with van der Waals surface area (Å²) in [5.74, 6) is -0.367. The van der Waals surface area contributed by atoms with Crippen LogP contribution in [0.5, 0.6) is 0 Å². The predicted molar refractivity (Wildman–Crippen MR) is 59.7 cm³/mol. The zero-order valence-corrected chi connectivity index (χ0v) is 9.41. The minimum atomic E-state index is -0.367. The van der Waals surface area contributed by atoms with Crippen molar-refractivity contribution in [3.63, 3.8) is 0 Å². The second-order valence-electron chi connectivity index (χ2n) is 2.94. The molecule has 0 aliphatic heterocycles. The van der Waals surface area contributed by atoms with E-state index in [1.54, 1.807) is 25.3 Å². The van der Waals surface area contributed by atoms with E-state index in [-0.39, 0.29) is 5.97 Å². The average Bonchev–Trinajstić information content (AvgIpc) is 2.17. The second-order valence-corrected chi connectivity index (χ2v) is 3.38. The average molecular weight is 226 g/mol. The Bertz CT molecular complexity index is 388. The van der Waals surface area contributed by atoms with Crippen molar-refractivity contribution in [3.8, 4) is 0 Å². The fraction of sp³-hybridized carbons (Fsp3) is 0.273. The van der Waals surface area contributed by atoms with Gasteiger partial charge in [-0.1, -0.05) is 11.6 Å². The summed E-state index contributed by atoms with van der Waals surface area (Å²) in [5.41, 5.74) is 1.63. The van der Waals surface area contributed by atoms with E-state index in [1.807, 2.05) is 6.92 Å². The third kappa shape index (κ3) is 3.72. The van der Waals surface area contributed by atoms with E-state index in [0.29, 0.717) is 17.3 Å². The number of carbonyl (C=O) groups is 1. The quantitative estimate of drug-likeness (QED) is 0.586. The number of pyridine rings is 1. The summed E-state index contributed by atoms with van der Waals surface area (Å²) in [6.07, 6.45) is 4.51. The molecule has 0 bridgehead atoms. The second kappa shape index (κ2) is 5.51. The topological polar surface area (TPSA) is 39.2 Å². The van der Waals surface area contributed by atoms with E-state index < -0.39 is 0 Å². The van der Waals surface area contributed by atoms with Crippen molar-refractivity contribution in [2.75, 3.05) is 6.61 Å². The number of nitrogens with zero attached hydrogens (tertiary/aromatic N) is 1. The first-order chi connectivity index (χ1) is 7.13. The maximum absolute atomic E-state index is 11.0. The van der Waals surface area contributed by atoms with Crippen molar-refractivity contribution in [3.05, 3.63) is 34.6 Å². The Kier molecular flexibility index (Phi) is 4.31. The molecule has 3 nitrogen and oxygen atoms in total. The first-order valence-electron chi connectivity index (χ1n) is 4.60. The number of hydrogen-bond donors (Lipinski definition) is 0. The van der Waals surface area contributed by atoms with Gasteiger partial charge in [-0.25, -0.2) is 4.79 Å². The lowest BCUT2D eigenvalue weighted by Gasteiger charge is -1.99. The molecule has 1 rings (SSSR count). The van der Waals surface area contributed by atoms with Gasteiger partial charge >= 0.3 is 5.97 Å². The molecule has 15 heavy (non-hydrogen) atoms. The van der Waals surface area contributed by atoms with Crippen LogP contribution in [0.15, 0.2) is 18.3 Å². The monoisotopic (exact) mass is 225 g/mol. The lowest BCUT2D eigenvalue weighted by molar-refractivity contribution is -0.137. The Hall–Kier alpha value is -1.35. The minimum Gasteiger partial charge on any atom is -0.463 e. The molecule has 80 valence electrons. The smallest absolute Gasteiger partial charge is 0.330 e. The molecule has 0 radical (unpaired) electrons. The van der Waals surface area contributed by atoms with Gasteiger partial charge in [-0.3, -0.25) is 4.98 Å². The number of esters is 1. The van der Waals surface area contributed by atoms with Crippen molar-refractivity contribution in [2.24, 2.45) is 0 Å². The van der Waals surface area contributed by atoms with Gasteiger partial charge in [0.05, 0.1) is 17.3 Å². The number of aryl methyl sites for hydroxylation is 1. The van der Waals surface area contributed by atoms with E-state index >= 15 is 0 Å². The van der Waals surface area contributed by atoms with Gasteiger partial charge in [0.25, 0.3) is 0 Å². The lowest BCUT2D eigenvalue weighted by atomic mass is 10.2. The Morgan fingerprint density at radius 1 is 1.67 bits per heavy atom. The van der Waals surface area contributed by atoms with E-state index in [9.17, 15) is 4.79 Å². The van der Waals surface area contributed by atoms with Crippen LogP contribution >= 0.6 is 11.6 Å². The molecule has 1 aromatic heterocycles. The number of aromatic nitrogens is 1. The Morgan fingerprint density at radius 3 is 3.00 bits per heavy atom. The number of halogens is 1. The molecule has 1 heterocycles. The molecule has 0 aliphatic carbocycles. The first kappa shape index (κ1) is 11.7. The van der Waals surface area contributed by atoms with Crippen LogP contribution in [0.2, 0.25) is 5.02 Å². The zero-order chi connectivity index (χ0) is 11.3. The fourth-order valence-corrected chi connectivity index (χ4v) is 1.28. The summed E-state index contributed by atoms with van der Waals surface area (Å²) in [5, 5.41) is 0.584. The van der Waals surface area contributed by atoms with Crippen LogP contribution in [-0.2, 0) is 9.53 Å².